The van der Waals surface area contributed by atoms with Gasteiger partial charge in [-0.15, -0.1) is 0 Å². The van der Waals surface area contributed by atoms with Gasteiger partial charge < -0.3 is 0 Å². The minimum Gasteiger partial charge on any atom is -0.263 e. The molecule has 0 N–H and O–H groups in total. The molecule has 0 unspecified atom stereocenters. The Morgan fingerprint density at radius 2 is 1.26 bits per heavy atom. The minimum absolute atomic E-state index is 0.504. The summed E-state index contributed by atoms with van der Waals surface area (Å²) in [6.45, 7) is 0. The number of rotatable bonds is 4. The van der Waals surface area contributed by atoms with Crippen LogP contribution in [0.2, 0.25) is 0 Å². The molecule has 43 heavy (non-hydrogen) atoms. The van der Waals surface area contributed by atoms with Crippen LogP contribution in [-0.4, -0.2) is 9.97 Å². The largest absolute Gasteiger partial charge is 0.263 e. The van der Waals surface area contributed by atoms with Crippen LogP contribution in [0, 0.1) is 11.3 Å². The summed E-state index contributed by atoms with van der Waals surface area (Å²) in [7, 11) is 0. The number of aromatic nitrogens is 2. The van der Waals surface area contributed by atoms with Crippen molar-refractivity contribution in [1.82, 2.24) is 9.97 Å². The molecule has 1 aliphatic rings. The van der Waals surface area contributed by atoms with Crippen molar-refractivity contribution in [3.8, 4) is 39.7 Å². The first-order valence-corrected chi connectivity index (χ1v) is 14.4. The summed E-state index contributed by atoms with van der Waals surface area (Å²) < 4.78 is 0. The Morgan fingerprint density at radius 3 is 2.00 bits per heavy atom. The lowest BCUT2D eigenvalue weighted by molar-refractivity contribution is 0.769. The molecule has 0 saturated carbocycles. The van der Waals surface area contributed by atoms with Crippen molar-refractivity contribution in [2.75, 3.05) is 0 Å². The van der Waals surface area contributed by atoms with E-state index in [1.807, 2.05) is 18.2 Å². The Bertz CT molecular complexity index is 2150. The fourth-order valence-corrected chi connectivity index (χ4v) is 6.81. The van der Waals surface area contributed by atoms with Gasteiger partial charge in [-0.1, -0.05) is 115 Å². The minimum atomic E-state index is -0.504. The zero-order valence-corrected chi connectivity index (χ0v) is 23.3. The molecule has 8 rings (SSSR count). The maximum absolute atomic E-state index is 9.40. The highest BCUT2D eigenvalue weighted by Gasteiger charge is 2.46. The highest BCUT2D eigenvalue weighted by Crippen LogP contribution is 2.58. The Hall–Kier alpha value is -5.85. The van der Waals surface area contributed by atoms with Gasteiger partial charge in [0.25, 0.3) is 0 Å². The first-order chi connectivity index (χ1) is 21.3. The molecule has 200 valence electrons. The first kappa shape index (κ1) is 24.9. The van der Waals surface area contributed by atoms with Crippen molar-refractivity contribution < 1.29 is 0 Å². The lowest BCUT2D eigenvalue weighted by atomic mass is 9.67. The van der Waals surface area contributed by atoms with Crippen LogP contribution in [0.5, 0.6) is 0 Å². The van der Waals surface area contributed by atoms with Gasteiger partial charge in [0, 0.05) is 23.5 Å². The van der Waals surface area contributed by atoms with Gasteiger partial charge in [-0.25, -0.2) is 4.98 Å². The molecule has 0 spiro atoms. The Balaban J connectivity index is 1.42. The third-order valence-corrected chi connectivity index (χ3v) is 8.65. The summed E-state index contributed by atoms with van der Waals surface area (Å²) in [4.78, 5) is 9.31. The van der Waals surface area contributed by atoms with E-state index in [0.717, 1.165) is 22.5 Å². The SMILES string of the molecule is N#Cc1cncc(-c2cccc(-c3ccc4c(c3)C(c3ccccc3)(c3ccccc3)c3ccc5ccccc5c3-4)n2)c1. The fraction of sp³-hybridized carbons (Fsp3) is 0.0250. The van der Waals surface area contributed by atoms with Crippen molar-refractivity contribution in [3.05, 3.63) is 180 Å². The number of benzene rings is 5. The van der Waals surface area contributed by atoms with E-state index in [1.54, 1.807) is 12.4 Å². The van der Waals surface area contributed by atoms with Crippen molar-refractivity contribution in [1.29, 1.82) is 5.26 Å². The zero-order chi connectivity index (χ0) is 28.8. The second-order valence-electron chi connectivity index (χ2n) is 10.9. The lowest BCUT2D eigenvalue weighted by Crippen LogP contribution is -2.28. The van der Waals surface area contributed by atoms with Gasteiger partial charge in [-0.3, -0.25) is 4.98 Å². The highest BCUT2D eigenvalue weighted by atomic mass is 14.7. The normalized spacial score (nSPS) is 12.8. The Kier molecular flexibility index (Phi) is 5.74. The molecule has 0 aliphatic heterocycles. The smallest absolute Gasteiger partial charge is 0.101 e. The fourth-order valence-electron chi connectivity index (χ4n) is 6.81. The van der Waals surface area contributed by atoms with Gasteiger partial charge in [0.2, 0.25) is 0 Å². The second kappa shape index (κ2) is 9.91. The first-order valence-electron chi connectivity index (χ1n) is 14.4. The van der Waals surface area contributed by atoms with Crippen LogP contribution in [0.3, 0.4) is 0 Å². The van der Waals surface area contributed by atoms with Crippen molar-refractivity contribution in [2.45, 2.75) is 5.41 Å². The maximum atomic E-state index is 9.40. The van der Waals surface area contributed by atoms with E-state index in [0.29, 0.717) is 5.56 Å². The quantitative estimate of drug-likeness (QED) is 0.221. The molecular weight excluding hydrogens is 522 g/mol. The van der Waals surface area contributed by atoms with Gasteiger partial charge in [0.05, 0.1) is 22.4 Å². The van der Waals surface area contributed by atoms with Gasteiger partial charge in [0.1, 0.15) is 6.07 Å². The highest BCUT2D eigenvalue weighted by molar-refractivity contribution is 6.04. The average Bonchev–Trinajstić information content (AvgIpc) is 3.40. The Morgan fingerprint density at radius 1 is 0.558 bits per heavy atom. The molecule has 2 heterocycles. The van der Waals surface area contributed by atoms with E-state index in [1.165, 1.54) is 44.2 Å². The average molecular weight is 548 g/mol. The summed E-state index contributed by atoms with van der Waals surface area (Å²) in [5, 5.41) is 11.9. The van der Waals surface area contributed by atoms with Gasteiger partial charge in [0.15, 0.2) is 0 Å². The number of hydrogen-bond acceptors (Lipinski definition) is 3. The molecule has 0 amide bonds. The Labute approximate surface area is 250 Å². The summed E-state index contributed by atoms with van der Waals surface area (Å²) in [6, 6.07) is 51.8. The molecule has 5 aromatic carbocycles. The van der Waals surface area contributed by atoms with E-state index in [9.17, 15) is 5.26 Å². The lowest BCUT2D eigenvalue weighted by Gasteiger charge is -2.34. The van der Waals surface area contributed by atoms with Crippen LogP contribution >= 0.6 is 0 Å². The number of fused-ring (bicyclic) bond motifs is 5. The van der Waals surface area contributed by atoms with Gasteiger partial charge in [-0.2, -0.15) is 5.26 Å². The summed E-state index contributed by atoms with van der Waals surface area (Å²) >= 11 is 0. The van der Waals surface area contributed by atoms with Crippen LogP contribution in [0.4, 0.5) is 0 Å². The molecule has 3 nitrogen and oxygen atoms in total. The summed E-state index contributed by atoms with van der Waals surface area (Å²) in [6.07, 6.45) is 3.33. The van der Waals surface area contributed by atoms with Crippen LogP contribution in [0.15, 0.2) is 152 Å². The molecule has 7 aromatic rings. The van der Waals surface area contributed by atoms with Crippen molar-refractivity contribution >= 4 is 10.8 Å². The molecule has 0 saturated heterocycles. The molecule has 3 heteroatoms. The molecule has 0 radical (unpaired) electrons. The van der Waals surface area contributed by atoms with Crippen molar-refractivity contribution in [2.24, 2.45) is 0 Å². The summed E-state index contributed by atoms with van der Waals surface area (Å²) in [5.74, 6) is 0. The predicted molar refractivity (Wildman–Crippen MR) is 172 cm³/mol. The van der Waals surface area contributed by atoms with E-state index >= 15 is 0 Å². The van der Waals surface area contributed by atoms with Crippen molar-refractivity contribution in [3.63, 3.8) is 0 Å². The third kappa shape index (κ3) is 3.81. The van der Waals surface area contributed by atoms with E-state index in [2.05, 4.69) is 132 Å². The third-order valence-electron chi connectivity index (χ3n) is 8.65. The molecule has 0 atom stereocenters. The summed E-state index contributed by atoms with van der Waals surface area (Å²) in [5.41, 5.74) is 11.1. The van der Waals surface area contributed by atoms with Crippen LogP contribution in [0.1, 0.15) is 27.8 Å². The van der Waals surface area contributed by atoms with E-state index in [-0.39, 0.29) is 0 Å². The van der Waals surface area contributed by atoms with E-state index in [4.69, 9.17) is 4.98 Å². The topological polar surface area (TPSA) is 49.6 Å². The number of nitrogens with zero attached hydrogens (tertiary/aromatic N) is 3. The van der Waals surface area contributed by atoms with Gasteiger partial charge in [-0.05, 0) is 68.4 Å². The molecular formula is C40H25N3. The number of hydrogen-bond donors (Lipinski definition) is 0. The van der Waals surface area contributed by atoms with Crippen LogP contribution < -0.4 is 0 Å². The number of nitriles is 1. The van der Waals surface area contributed by atoms with E-state index < -0.39 is 5.41 Å². The zero-order valence-electron chi connectivity index (χ0n) is 23.3. The monoisotopic (exact) mass is 547 g/mol. The molecule has 2 aromatic heterocycles. The van der Waals surface area contributed by atoms with Crippen LogP contribution in [0.25, 0.3) is 44.4 Å². The number of pyridine rings is 2. The molecule has 0 fully saturated rings. The standard InChI is InChI=1S/C40H25N3/c41-24-27-22-30(26-42-25-27)38-17-9-16-37(43-38)29-18-20-34-36(23-29)40(31-11-3-1-4-12-31,32-13-5-2-6-14-32)35-21-19-28-10-7-8-15-33(28)39(34)35/h1-23,25-26H. The molecule has 1 aliphatic carbocycles. The maximum Gasteiger partial charge on any atom is 0.101 e. The second-order valence-corrected chi connectivity index (χ2v) is 10.9. The van der Waals surface area contributed by atoms with Crippen LogP contribution in [-0.2, 0) is 5.41 Å². The predicted octanol–water partition coefficient (Wildman–Crippen LogP) is 9.20. The van der Waals surface area contributed by atoms with Gasteiger partial charge >= 0.3 is 0 Å². The molecule has 0 bridgehead atoms.